The van der Waals surface area contributed by atoms with Crippen molar-refractivity contribution in [3.8, 4) is 0 Å². The zero-order chi connectivity index (χ0) is 23.9. The number of hydrogen-bond acceptors (Lipinski definition) is 4. The third kappa shape index (κ3) is 6.82. The van der Waals surface area contributed by atoms with E-state index in [-0.39, 0.29) is 24.8 Å². The number of para-hydroxylation sites is 1. The van der Waals surface area contributed by atoms with Gasteiger partial charge in [0.05, 0.1) is 11.9 Å². The predicted octanol–water partition coefficient (Wildman–Crippen LogP) is 3.01. The Labute approximate surface area is 191 Å². The standard InChI is InChI=1S/C24H33N3O4S/c1-18-10-8-12-21(16-18)17-26(20(3)24(29)25-4)23(28)14-9-15-27(32(5,30)31)22-13-7-6-11-19(22)2/h6-8,10-13,16,20H,9,14-15,17H2,1-5H3,(H,25,29)/t20-/m1/s1. The van der Waals surface area contributed by atoms with Crippen LogP contribution >= 0.6 is 0 Å². The number of rotatable bonds is 10. The van der Waals surface area contributed by atoms with Gasteiger partial charge in [-0.1, -0.05) is 48.0 Å². The van der Waals surface area contributed by atoms with Gasteiger partial charge in [-0.25, -0.2) is 8.42 Å². The Bertz CT molecular complexity index is 1050. The molecule has 174 valence electrons. The van der Waals surface area contributed by atoms with E-state index in [0.29, 0.717) is 18.7 Å². The summed E-state index contributed by atoms with van der Waals surface area (Å²) in [4.78, 5) is 26.9. The van der Waals surface area contributed by atoms with E-state index in [4.69, 9.17) is 0 Å². The number of carbonyl (C=O) groups is 2. The molecule has 1 N–H and O–H groups in total. The van der Waals surface area contributed by atoms with E-state index < -0.39 is 16.1 Å². The van der Waals surface area contributed by atoms with Gasteiger partial charge in [-0.05, 0) is 44.4 Å². The second-order valence-electron chi connectivity index (χ2n) is 8.03. The lowest BCUT2D eigenvalue weighted by Gasteiger charge is -2.29. The van der Waals surface area contributed by atoms with Crippen LogP contribution in [0.25, 0.3) is 0 Å². The van der Waals surface area contributed by atoms with Crippen LogP contribution in [0.4, 0.5) is 5.69 Å². The molecule has 0 spiro atoms. The summed E-state index contributed by atoms with van der Waals surface area (Å²) in [5.41, 5.74) is 3.47. The lowest BCUT2D eigenvalue weighted by Crippen LogP contribution is -2.46. The van der Waals surface area contributed by atoms with Crippen LogP contribution in [0.1, 0.15) is 36.5 Å². The van der Waals surface area contributed by atoms with Crippen molar-refractivity contribution < 1.29 is 18.0 Å². The van der Waals surface area contributed by atoms with Gasteiger partial charge in [0, 0.05) is 26.6 Å². The first kappa shape index (κ1) is 25.4. The molecule has 0 bridgehead atoms. The molecule has 0 saturated carbocycles. The Morgan fingerprint density at radius 1 is 1.06 bits per heavy atom. The number of likely N-dealkylation sites (N-methyl/N-ethyl adjacent to an activating group) is 1. The summed E-state index contributed by atoms with van der Waals surface area (Å²) in [6.07, 6.45) is 1.63. The van der Waals surface area contributed by atoms with Gasteiger partial charge >= 0.3 is 0 Å². The van der Waals surface area contributed by atoms with E-state index in [1.54, 1.807) is 31.0 Å². The molecule has 0 aliphatic rings. The fourth-order valence-corrected chi connectivity index (χ4v) is 4.65. The van der Waals surface area contributed by atoms with Crippen LogP contribution in [0.2, 0.25) is 0 Å². The quantitative estimate of drug-likeness (QED) is 0.592. The lowest BCUT2D eigenvalue weighted by atomic mass is 10.1. The van der Waals surface area contributed by atoms with Crippen molar-refractivity contribution in [2.24, 2.45) is 0 Å². The summed E-state index contributed by atoms with van der Waals surface area (Å²) in [7, 11) is -1.96. The Morgan fingerprint density at radius 2 is 1.75 bits per heavy atom. The minimum absolute atomic E-state index is 0.130. The Morgan fingerprint density at radius 3 is 2.34 bits per heavy atom. The number of nitrogens with one attached hydrogen (secondary N) is 1. The van der Waals surface area contributed by atoms with Gasteiger partial charge in [-0.3, -0.25) is 13.9 Å². The number of nitrogens with zero attached hydrogens (tertiary/aromatic N) is 2. The van der Waals surface area contributed by atoms with E-state index >= 15 is 0 Å². The topological polar surface area (TPSA) is 86.8 Å². The highest BCUT2D eigenvalue weighted by Crippen LogP contribution is 2.23. The molecule has 0 unspecified atom stereocenters. The van der Waals surface area contributed by atoms with Gasteiger partial charge in [0.25, 0.3) is 0 Å². The van der Waals surface area contributed by atoms with Crippen LogP contribution in [0.15, 0.2) is 48.5 Å². The minimum Gasteiger partial charge on any atom is -0.357 e. The van der Waals surface area contributed by atoms with E-state index in [9.17, 15) is 18.0 Å². The van der Waals surface area contributed by atoms with Crippen LogP contribution in [0.3, 0.4) is 0 Å². The highest BCUT2D eigenvalue weighted by Gasteiger charge is 2.26. The maximum Gasteiger partial charge on any atom is 0.242 e. The van der Waals surface area contributed by atoms with E-state index in [2.05, 4.69) is 5.32 Å². The maximum atomic E-state index is 13.1. The molecule has 0 saturated heterocycles. The van der Waals surface area contributed by atoms with E-state index in [1.807, 2.05) is 50.2 Å². The van der Waals surface area contributed by atoms with Crippen molar-refractivity contribution >= 4 is 27.5 Å². The number of sulfonamides is 1. The van der Waals surface area contributed by atoms with Gasteiger partial charge in [0.1, 0.15) is 6.04 Å². The average Bonchev–Trinajstić information content (AvgIpc) is 2.74. The first-order valence-electron chi connectivity index (χ1n) is 10.6. The molecule has 0 radical (unpaired) electrons. The molecule has 8 heteroatoms. The summed E-state index contributed by atoms with van der Waals surface area (Å²) >= 11 is 0. The van der Waals surface area contributed by atoms with Crippen molar-refractivity contribution in [1.29, 1.82) is 0 Å². The number of hydrogen-bond donors (Lipinski definition) is 1. The third-order valence-electron chi connectivity index (χ3n) is 5.39. The number of aryl methyl sites for hydroxylation is 2. The smallest absolute Gasteiger partial charge is 0.242 e. The first-order valence-corrected chi connectivity index (χ1v) is 12.5. The number of carbonyl (C=O) groups excluding carboxylic acids is 2. The van der Waals surface area contributed by atoms with Gasteiger partial charge in [-0.2, -0.15) is 0 Å². The van der Waals surface area contributed by atoms with E-state index in [0.717, 1.165) is 16.7 Å². The molecule has 0 fully saturated rings. The van der Waals surface area contributed by atoms with Gasteiger partial charge in [0.15, 0.2) is 0 Å². The molecule has 0 aliphatic carbocycles. The van der Waals surface area contributed by atoms with Crippen LogP contribution in [0.5, 0.6) is 0 Å². The molecule has 2 aromatic rings. The summed E-state index contributed by atoms with van der Waals surface area (Å²) in [5.74, 6) is -0.440. The molecule has 1 atom stereocenters. The van der Waals surface area contributed by atoms with Crippen LogP contribution < -0.4 is 9.62 Å². The largest absolute Gasteiger partial charge is 0.357 e. The fourth-order valence-electron chi connectivity index (χ4n) is 3.62. The predicted molar refractivity (Wildman–Crippen MR) is 128 cm³/mol. The van der Waals surface area contributed by atoms with Gasteiger partial charge in [-0.15, -0.1) is 0 Å². The van der Waals surface area contributed by atoms with Crippen LogP contribution in [0, 0.1) is 13.8 Å². The highest BCUT2D eigenvalue weighted by molar-refractivity contribution is 7.92. The molecule has 0 aliphatic heterocycles. The zero-order valence-corrected chi connectivity index (χ0v) is 20.3. The molecule has 2 amide bonds. The molecule has 7 nitrogen and oxygen atoms in total. The molecule has 0 aromatic heterocycles. The summed E-state index contributed by atoms with van der Waals surface area (Å²) in [5, 5.41) is 2.60. The molecule has 32 heavy (non-hydrogen) atoms. The molecule has 2 aromatic carbocycles. The summed E-state index contributed by atoms with van der Waals surface area (Å²) in [6, 6.07) is 14.4. The van der Waals surface area contributed by atoms with Gasteiger partial charge in [0.2, 0.25) is 21.8 Å². The Kier molecular flexibility index (Phi) is 8.83. The van der Waals surface area contributed by atoms with Crippen LogP contribution in [-0.4, -0.2) is 51.0 Å². The Hall–Kier alpha value is -2.87. The molecule has 2 rings (SSSR count). The lowest BCUT2D eigenvalue weighted by molar-refractivity contribution is -0.140. The van der Waals surface area contributed by atoms with Crippen molar-refractivity contribution in [3.05, 3.63) is 65.2 Å². The molecular weight excluding hydrogens is 426 g/mol. The highest BCUT2D eigenvalue weighted by atomic mass is 32.2. The summed E-state index contributed by atoms with van der Waals surface area (Å²) < 4.78 is 26.1. The third-order valence-corrected chi connectivity index (χ3v) is 6.57. The number of anilines is 1. The normalized spacial score (nSPS) is 12.2. The summed E-state index contributed by atoms with van der Waals surface area (Å²) in [6.45, 7) is 6.02. The minimum atomic E-state index is -3.50. The number of benzene rings is 2. The second-order valence-corrected chi connectivity index (χ2v) is 9.93. The molecule has 0 heterocycles. The zero-order valence-electron chi connectivity index (χ0n) is 19.5. The monoisotopic (exact) mass is 459 g/mol. The van der Waals surface area contributed by atoms with Crippen molar-refractivity contribution in [3.63, 3.8) is 0 Å². The average molecular weight is 460 g/mol. The first-order chi connectivity index (χ1) is 15.0. The second kappa shape index (κ2) is 11.1. The van der Waals surface area contributed by atoms with Crippen LogP contribution in [-0.2, 0) is 26.2 Å². The van der Waals surface area contributed by atoms with Crippen molar-refractivity contribution in [1.82, 2.24) is 10.2 Å². The fraction of sp³-hybridized carbons (Fsp3) is 0.417. The van der Waals surface area contributed by atoms with E-state index in [1.165, 1.54) is 10.6 Å². The van der Waals surface area contributed by atoms with Crippen molar-refractivity contribution in [2.45, 2.75) is 46.2 Å². The van der Waals surface area contributed by atoms with Gasteiger partial charge < -0.3 is 10.2 Å². The SMILES string of the molecule is CNC(=O)[C@@H](C)N(Cc1cccc(C)c1)C(=O)CCCN(c1ccccc1C)S(C)(=O)=O. The van der Waals surface area contributed by atoms with Crippen molar-refractivity contribution in [2.75, 3.05) is 24.2 Å². The number of amides is 2. The maximum absolute atomic E-state index is 13.1. The Balaban J connectivity index is 2.15. The molecular formula is C24H33N3O4S.